The van der Waals surface area contributed by atoms with Gasteiger partial charge in [0.05, 0.1) is 0 Å². The summed E-state index contributed by atoms with van der Waals surface area (Å²) in [7, 11) is 0. The van der Waals surface area contributed by atoms with E-state index < -0.39 is 0 Å². The van der Waals surface area contributed by atoms with Crippen LogP contribution in [0, 0.1) is 13.8 Å². The summed E-state index contributed by atoms with van der Waals surface area (Å²) in [6.45, 7) is 8.89. The number of nitrogens with zero attached hydrogens (tertiary/aromatic N) is 1. The Bertz CT molecular complexity index is 566. The van der Waals surface area contributed by atoms with Gasteiger partial charge in [-0.1, -0.05) is 57.0 Å². The predicted octanol–water partition coefficient (Wildman–Crippen LogP) is 6.05. The Morgan fingerprint density at radius 3 is 2.14 bits per heavy atom. The van der Waals surface area contributed by atoms with Crippen LogP contribution in [0.4, 0.5) is 0 Å². The maximum absolute atomic E-state index is 4.90. The molecule has 1 aromatic heterocycles. The first kappa shape index (κ1) is 15.8. The van der Waals surface area contributed by atoms with Gasteiger partial charge in [-0.2, -0.15) is 0 Å². The molecule has 1 nitrogen and oxygen atoms in total. The lowest BCUT2D eigenvalue weighted by molar-refractivity contribution is 0.545. The molecule has 0 N–H and O–H groups in total. The third-order valence-corrected chi connectivity index (χ3v) is 4.18. The van der Waals surface area contributed by atoms with Crippen LogP contribution in [0.2, 0.25) is 0 Å². The lowest BCUT2D eigenvalue weighted by Crippen LogP contribution is -2.06. The average Bonchev–Trinajstić information content (AvgIpc) is 2.50. The fraction of sp³-hybridized carbons (Fsp3) is 0.450. The average molecular weight is 281 g/mol. The fourth-order valence-corrected chi connectivity index (χ4v) is 3.19. The molecule has 0 aliphatic heterocycles. The van der Waals surface area contributed by atoms with Crippen molar-refractivity contribution < 1.29 is 0 Å². The first-order valence-electron chi connectivity index (χ1n) is 8.20. The van der Waals surface area contributed by atoms with Crippen molar-refractivity contribution in [3.63, 3.8) is 0 Å². The van der Waals surface area contributed by atoms with Gasteiger partial charge in [0.25, 0.3) is 0 Å². The maximum atomic E-state index is 4.90. The van der Waals surface area contributed by atoms with E-state index in [4.69, 9.17) is 4.98 Å². The highest BCUT2D eigenvalue weighted by atomic mass is 14.7. The second kappa shape index (κ2) is 7.40. The van der Waals surface area contributed by atoms with Crippen LogP contribution in [0.5, 0.6) is 0 Å². The monoisotopic (exact) mass is 281 g/mol. The molecule has 0 aliphatic carbocycles. The topological polar surface area (TPSA) is 12.9 Å². The lowest BCUT2D eigenvalue weighted by atomic mass is 9.88. The van der Waals surface area contributed by atoms with Crippen molar-refractivity contribution in [2.75, 3.05) is 0 Å². The highest BCUT2D eigenvalue weighted by Crippen LogP contribution is 2.33. The maximum Gasteiger partial charge on any atom is 0.0473 e. The summed E-state index contributed by atoms with van der Waals surface area (Å²) in [6, 6.07) is 12.9. The Balaban J connectivity index is 2.50. The van der Waals surface area contributed by atoms with Gasteiger partial charge in [-0.05, 0) is 49.4 Å². The van der Waals surface area contributed by atoms with Gasteiger partial charge in [-0.25, -0.2) is 0 Å². The molecule has 0 saturated heterocycles. The molecule has 1 aromatic carbocycles. The molecular weight excluding hydrogens is 254 g/mol. The van der Waals surface area contributed by atoms with E-state index in [-0.39, 0.29) is 0 Å². The Morgan fingerprint density at radius 1 is 0.952 bits per heavy atom. The van der Waals surface area contributed by atoms with E-state index in [0.717, 1.165) is 5.69 Å². The first-order valence-corrected chi connectivity index (χ1v) is 8.20. The van der Waals surface area contributed by atoms with Gasteiger partial charge in [-0.15, -0.1) is 0 Å². The second-order valence-electron chi connectivity index (χ2n) is 5.96. The van der Waals surface area contributed by atoms with E-state index >= 15 is 0 Å². The number of hydrogen-bond donors (Lipinski definition) is 0. The Morgan fingerprint density at radius 2 is 1.57 bits per heavy atom. The summed E-state index contributed by atoms with van der Waals surface area (Å²) in [5.74, 6) is 0.599. The van der Waals surface area contributed by atoms with Gasteiger partial charge in [0.1, 0.15) is 0 Å². The second-order valence-corrected chi connectivity index (χ2v) is 5.96. The summed E-state index contributed by atoms with van der Waals surface area (Å²) in [5.41, 5.74) is 6.45. The number of aryl methyl sites for hydroxylation is 1. The summed E-state index contributed by atoms with van der Waals surface area (Å²) in [6.07, 6.45) is 4.92. The minimum absolute atomic E-state index is 0.599. The van der Waals surface area contributed by atoms with Gasteiger partial charge >= 0.3 is 0 Å². The minimum atomic E-state index is 0.599. The van der Waals surface area contributed by atoms with Gasteiger partial charge in [0.2, 0.25) is 0 Å². The van der Waals surface area contributed by atoms with Gasteiger partial charge in [0, 0.05) is 17.3 Å². The van der Waals surface area contributed by atoms with Crippen LogP contribution < -0.4 is 0 Å². The number of hydrogen-bond acceptors (Lipinski definition) is 1. The Kier molecular flexibility index (Phi) is 5.55. The van der Waals surface area contributed by atoms with E-state index in [2.05, 4.69) is 64.1 Å². The van der Waals surface area contributed by atoms with Crippen LogP contribution in [0.25, 0.3) is 11.1 Å². The zero-order valence-corrected chi connectivity index (χ0v) is 13.8. The van der Waals surface area contributed by atoms with Gasteiger partial charge in [-0.3, -0.25) is 4.98 Å². The molecule has 0 fully saturated rings. The Hall–Kier alpha value is -1.63. The van der Waals surface area contributed by atoms with Gasteiger partial charge in [0.15, 0.2) is 0 Å². The quantitative estimate of drug-likeness (QED) is 0.628. The van der Waals surface area contributed by atoms with Crippen LogP contribution in [0.1, 0.15) is 62.4 Å². The molecule has 0 spiro atoms. The lowest BCUT2D eigenvalue weighted by Gasteiger charge is -2.20. The smallest absolute Gasteiger partial charge is 0.0473 e. The number of aromatic nitrogens is 1. The van der Waals surface area contributed by atoms with Crippen molar-refractivity contribution in [2.45, 2.75) is 59.3 Å². The van der Waals surface area contributed by atoms with Crippen molar-refractivity contribution in [1.82, 2.24) is 4.98 Å². The van der Waals surface area contributed by atoms with E-state index in [1.54, 1.807) is 0 Å². The molecule has 112 valence electrons. The standard InChI is InChI=1S/C20H27N/c1-5-10-18(11-6-2)20-16(4)19(14-15(3)21-20)17-12-8-7-9-13-17/h7-9,12-14,18H,5-6,10-11H2,1-4H3. The molecule has 0 unspecified atom stereocenters. The van der Waals surface area contributed by atoms with Crippen LogP contribution in [0.3, 0.4) is 0 Å². The van der Waals surface area contributed by atoms with Gasteiger partial charge < -0.3 is 0 Å². The van der Waals surface area contributed by atoms with E-state index in [9.17, 15) is 0 Å². The van der Waals surface area contributed by atoms with Crippen LogP contribution in [0.15, 0.2) is 36.4 Å². The third-order valence-electron chi connectivity index (χ3n) is 4.18. The molecule has 2 aromatic rings. The largest absolute Gasteiger partial charge is 0.258 e. The summed E-state index contributed by atoms with van der Waals surface area (Å²) < 4.78 is 0. The Labute approximate surface area is 129 Å². The highest BCUT2D eigenvalue weighted by Gasteiger charge is 2.17. The van der Waals surface area contributed by atoms with Crippen LogP contribution in [-0.4, -0.2) is 4.98 Å². The molecular formula is C20H27N. The van der Waals surface area contributed by atoms with Crippen LogP contribution >= 0.6 is 0 Å². The molecule has 0 radical (unpaired) electrons. The molecule has 21 heavy (non-hydrogen) atoms. The van der Waals surface area contributed by atoms with Crippen LogP contribution in [-0.2, 0) is 0 Å². The molecule has 0 saturated carbocycles. The first-order chi connectivity index (χ1) is 10.2. The summed E-state index contributed by atoms with van der Waals surface area (Å²) in [4.78, 5) is 4.90. The molecule has 1 heteroatoms. The molecule has 1 heterocycles. The molecule has 0 bridgehead atoms. The van der Waals surface area contributed by atoms with Crippen molar-refractivity contribution >= 4 is 0 Å². The number of rotatable bonds is 6. The minimum Gasteiger partial charge on any atom is -0.258 e. The zero-order chi connectivity index (χ0) is 15.2. The summed E-state index contributed by atoms with van der Waals surface area (Å²) >= 11 is 0. The van der Waals surface area contributed by atoms with Crippen molar-refractivity contribution in [3.8, 4) is 11.1 Å². The third kappa shape index (κ3) is 3.72. The number of benzene rings is 1. The fourth-order valence-electron chi connectivity index (χ4n) is 3.19. The van der Waals surface area contributed by atoms with Crippen molar-refractivity contribution in [3.05, 3.63) is 53.3 Å². The number of pyridine rings is 1. The molecule has 0 aliphatic rings. The summed E-state index contributed by atoms with van der Waals surface area (Å²) in [5, 5.41) is 0. The predicted molar refractivity (Wildman–Crippen MR) is 91.7 cm³/mol. The molecule has 0 atom stereocenters. The zero-order valence-electron chi connectivity index (χ0n) is 13.8. The van der Waals surface area contributed by atoms with E-state index in [1.165, 1.54) is 48.1 Å². The highest BCUT2D eigenvalue weighted by molar-refractivity contribution is 5.68. The van der Waals surface area contributed by atoms with Crippen molar-refractivity contribution in [2.24, 2.45) is 0 Å². The van der Waals surface area contributed by atoms with E-state index in [0.29, 0.717) is 5.92 Å². The SMILES string of the molecule is CCCC(CCC)c1nc(C)cc(-c2ccccc2)c1C. The van der Waals surface area contributed by atoms with Crippen molar-refractivity contribution in [1.29, 1.82) is 0 Å². The molecule has 2 rings (SSSR count). The van der Waals surface area contributed by atoms with E-state index in [1.807, 2.05) is 0 Å². The normalized spacial score (nSPS) is 11.1. The molecule has 0 amide bonds.